The zero-order valence-corrected chi connectivity index (χ0v) is 6.79. The van der Waals surface area contributed by atoms with Crippen LogP contribution in [-0.2, 0) is 0 Å². The number of methoxy groups -OCH3 is 1. The van der Waals surface area contributed by atoms with Gasteiger partial charge in [-0.3, -0.25) is 0 Å². The number of nitriles is 1. The first-order valence-electron chi connectivity index (χ1n) is 3.41. The van der Waals surface area contributed by atoms with Crippen LogP contribution in [0, 0.1) is 11.3 Å². The molecule has 0 aliphatic carbocycles. The third-order valence-corrected chi connectivity index (χ3v) is 1.40. The van der Waals surface area contributed by atoms with E-state index in [1.54, 1.807) is 6.07 Å². The molecule has 13 heavy (non-hydrogen) atoms. The number of ether oxygens (including phenoxy) is 1. The molecule has 0 saturated heterocycles. The number of hydrogen-bond donors (Lipinski definition) is 0. The fourth-order valence-corrected chi connectivity index (χ4v) is 0.813. The van der Waals surface area contributed by atoms with Crippen molar-refractivity contribution in [2.45, 2.75) is 6.43 Å². The molecule has 0 spiro atoms. The average molecular weight is 184 g/mol. The SMILES string of the molecule is COc1cc(C(F)F)cc(C#N)n1. The standard InChI is InChI=1S/C8H6F2N2O/c1-13-7-3-5(8(9)10)2-6(4-11)12-7/h2-3,8H,1H3. The molecule has 1 aromatic heterocycles. The molecule has 0 fully saturated rings. The number of aromatic nitrogens is 1. The van der Waals surface area contributed by atoms with Crippen LogP contribution in [0.3, 0.4) is 0 Å². The van der Waals surface area contributed by atoms with Gasteiger partial charge in [-0.25, -0.2) is 13.8 Å². The molecule has 68 valence electrons. The second kappa shape index (κ2) is 3.81. The minimum absolute atomic E-state index is 0.0225. The summed E-state index contributed by atoms with van der Waals surface area (Å²) in [4.78, 5) is 3.64. The maximum Gasteiger partial charge on any atom is 0.264 e. The summed E-state index contributed by atoms with van der Waals surface area (Å²) in [5.74, 6) is 0.0225. The summed E-state index contributed by atoms with van der Waals surface area (Å²) in [5.41, 5.74) is -0.335. The first-order valence-corrected chi connectivity index (χ1v) is 3.41. The maximum absolute atomic E-state index is 12.2. The van der Waals surface area contributed by atoms with Gasteiger partial charge in [-0.15, -0.1) is 0 Å². The summed E-state index contributed by atoms with van der Waals surface area (Å²) in [5, 5.41) is 8.45. The molecule has 1 aromatic rings. The van der Waals surface area contributed by atoms with E-state index in [1.165, 1.54) is 7.11 Å². The van der Waals surface area contributed by atoms with Crippen LogP contribution in [-0.4, -0.2) is 12.1 Å². The van der Waals surface area contributed by atoms with E-state index >= 15 is 0 Å². The Labute approximate surface area is 73.6 Å². The summed E-state index contributed by atoms with van der Waals surface area (Å²) in [7, 11) is 1.30. The molecule has 0 N–H and O–H groups in total. The topological polar surface area (TPSA) is 45.9 Å². The number of halogens is 2. The van der Waals surface area contributed by atoms with Gasteiger partial charge in [0, 0.05) is 11.6 Å². The van der Waals surface area contributed by atoms with Crippen LogP contribution in [0.1, 0.15) is 17.7 Å². The van der Waals surface area contributed by atoms with Gasteiger partial charge in [0.1, 0.15) is 11.8 Å². The molecule has 5 heteroatoms. The van der Waals surface area contributed by atoms with Gasteiger partial charge in [0.2, 0.25) is 5.88 Å². The van der Waals surface area contributed by atoms with Crippen molar-refractivity contribution >= 4 is 0 Å². The predicted octanol–water partition coefficient (Wildman–Crippen LogP) is 1.90. The Hall–Kier alpha value is -1.70. The van der Waals surface area contributed by atoms with Crippen LogP contribution in [0.5, 0.6) is 5.88 Å². The summed E-state index contributed by atoms with van der Waals surface area (Å²) >= 11 is 0. The van der Waals surface area contributed by atoms with E-state index in [4.69, 9.17) is 5.26 Å². The van der Waals surface area contributed by atoms with Crippen LogP contribution in [0.15, 0.2) is 12.1 Å². The quantitative estimate of drug-likeness (QED) is 0.705. The van der Waals surface area contributed by atoms with E-state index in [1.807, 2.05) is 0 Å². The van der Waals surface area contributed by atoms with Crippen LogP contribution in [0.2, 0.25) is 0 Å². The lowest BCUT2D eigenvalue weighted by molar-refractivity contribution is 0.150. The molecule has 0 radical (unpaired) electrons. The Balaban J connectivity index is 3.17. The number of pyridine rings is 1. The van der Waals surface area contributed by atoms with Gasteiger partial charge in [-0.1, -0.05) is 0 Å². The number of nitrogens with zero attached hydrogens (tertiary/aromatic N) is 2. The monoisotopic (exact) mass is 184 g/mol. The van der Waals surface area contributed by atoms with Gasteiger partial charge < -0.3 is 4.74 Å². The number of alkyl halides is 2. The van der Waals surface area contributed by atoms with E-state index < -0.39 is 6.43 Å². The van der Waals surface area contributed by atoms with Crippen molar-refractivity contribution < 1.29 is 13.5 Å². The molecular weight excluding hydrogens is 178 g/mol. The Morgan fingerprint density at radius 2 is 2.23 bits per heavy atom. The fraction of sp³-hybridized carbons (Fsp3) is 0.250. The highest BCUT2D eigenvalue weighted by Gasteiger charge is 2.10. The highest BCUT2D eigenvalue weighted by Crippen LogP contribution is 2.22. The molecule has 0 aliphatic rings. The molecule has 0 saturated carbocycles. The Kier molecular flexibility index (Phi) is 2.75. The van der Waals surface area contributed by atoms with Crippen molar-refractivity contribution in [3.63, 3.8) is 0 Å². The van der Waals surface area contributed by atoms with Crippen molar-refractivity contribution in [1.82, 2.24) is 4.98 Å². The molecule has 1 heterocycles. The second-order valence-corrected chi connectivity index (χ2v) is 2.24. The lowest BCUT2D eigenvalue weighted by Crippen LogP contribution is -1.94. The molecule has 1 rings (SSSR count). The normalized spacial score (nSPS) is 9.77. The lowest BCUT2D eigenvalue weighted by atomic mass is 10.2. The lowest BCUT2D eigenvalue weighted by Gasteiger charge is -2.02. The van der Waals surface area contributed by atoms with Gasteiger partial charge >= 0.3 is 0 Å². The Bertz CT molecular complexity index is 346. The van der Waals surface area contributed by atoms with Gasteiger partial charge in [-0.05, 0) is 6.07 Å². The largest absolute Gasteiger partial charge is 0.481 e. The third kappa shape index (κ3) is 2.12. The van der Waals surface area contributed by atoms with Gasteiger partial charge in [-0.2, -0.15) is 5.26 Å². The molecule has 0 bridgehead atoms. The molecule has 0 atom stereocenters. The molecule has 0 unspecified atom stereocenters. The average Bonchev–Trinajstić information content (AvgIpc) is 2.16. The molecular formula is C8H6F2N2O. The molecule has 0 amide bonds. The zero-order chi connectivity index (χ0) is 9.84. The van der Waals surface area contributed by atoms with Crippen LogP contribution in [0.25, 0.3) is 0 Å². The van der Waals surface area contributed by atoms with Gasteiger partial charge in [0.15, 0.2) is 0 Å². The van der Waals surface area contributed by atoms with Crippen molar-refractivity contribution in [1.29, 1.82) is 5.26 Å². The summed E-state index contributed by atoms with van der Waals surface area (Å²) in [6, 6.07) is 3.81. The van der Waals surface area contributed by atoms with Crippen LogP contribution < -0.4 is 4.74 Å². The Morgan fingerprint density at radius 3 is 2.69 bits per heavy atom. The predicted molar refractivity (Wildman–Crippen MR) is 40.5 cm³/mol. The molecule has 3 nitrogen and oxygen atoms in total. The van der Waals surface area contributed by atoms with Crippen molar-refractivity contribution in [3.05, 3.63) is 23.4 Å². The van der Waals surface area contributed by atoms with Gasteiger partial charge in [0.05, 0.1) is 7.11 Å². The smallest absolute Gasteiger partial charge is 0.264 e. The first kappa shape index (κ1) is 9.39. The minimum Gasteiger partial charge on any atom is -0.481 e. The number of hydrogen-bond acceptors (Lipinski definition) is 3. The summed E-state index contributed by atoms with van der Waals surface area (Å²) in [6.07, 6.45) is -2.62. The van der Waals surface area contributed by atoms with Crippen LogP contribution >= 0.6 is 0 Å². The maximum atomic E-state index is 12.2. The van der Waals surface area contributed by atoms with Gasteiger partial charge in [0.25, 0.3) is 6.43 Å². The minimum atomic E-state index is -2.62. The van der Waals surface area contributed by atoms with Crippen molar-refractivity contribution in [2.24, 2.45) is 0 Å². The highest BCUT2D eigenvalue weighted by molar-refractivity contribution is 5.32. The van der Waals surface area contributed by atoms with E-state index in [-0.39, 0.29) is 17.1 Å². The highest BCUT2D eigenvalue weighted by atomic mass is 19.3. The van der Waals surface area contributed by atoms with E-state index in [2.05, 4.69) is 9.72 Å². The fourth-order valence-electron chi connectivity index (χ4n) is 0.813. The van der Waals surface area contributed by atoms with E-state index in [9.17, 15) is 8.78 Å². The van der Waals surface area contributed by atoms with E-state index in [0.717, 1.165) is 12.1 Å². The number of rotatable bonds is 2. The van der Waals surface area contributed by atoms with Crippen molar-refractivity contribution in [3.8, 4) is 11.9 Å². The summed E-state index contributed by atoms with van der Waals surface area (Å²) in [6.45, 7) is 0. The first-order chi connectivity index (χ1) is 6.17. The molecule has 0 aliphatic heterocycles. The molecule has 0 aromatic carbocycles. The summed E-state index contributed by atoms with van der Waals surface area (Å²) < 4.78 is 29.1. The third-order valence-electron chi connectivity index (χ3n) is 1.40. The zero-order valence-electron chi connectivity index (χ0n) is 6.79. The van der Waals surface area contributed by atoms with E-state index in [0.29, 0.717) is 0 Å². The second-order valence-electron chi connectivity index (χ2n) is 2.24. The Morgan fingerprint density at radius 1 is 1.54 bits per heavy atom. The van der Waals surface area contributed by atoms with Crippen LogP contribution in [0.4, 0.5) is 8.78 Å². The van der Waals surface area contributed by atoms with Crippen molar-refractivity contribution in [2.75, 3.05) is 7.11 Å².